The van der Waals surface area contributed by atoms with Gasteiger partial charge in [-0.05, 0) is 54.8 Å². The first-order valence-electron chi connectivity index (χ1n) is 10.6. The zero-order chi connectivity index (χ0) is 23.1. The van der Waals surface area contributed by atoms with E-state index < -0.39 is 11.7 Å². The monoisotopic (exact) mass is 444 g/mol. The minimum absolute atomic E-state index is 0.144. The molecule has 32 heavy (non-hydrogen) atoms. The Morgan fingerprint density at radius 3 is 2.25 bits per heavy atom. The van der Waals surface area contributed by atoms with Gasteiger partial charge in [0.2, 0.25) is 5.95 Å². The van der Waals surface area contributed by atoms with Gasteiger partial charge < -0.3 is 15.0 Å². The Morgan fingerprint density at radius 2 is 1.66 bits per heavy atom. The third-order valence-electron chi connectivity index (χ3n) is 4.83. The summed E-state index contributed by atoms with van der Waals surface area (Å²) in [4.78, 5) is 9.78. The average molecular weight is 445 g/mol. The van der Waals surface area contributed by atoms with Crippen LogP contribution in [0.4, 0.5) is 36.3 Å². The zero-order valence-electron chi connectivity index (χ0n) is 18.4. The Bertz CT molecular complexity index is 1010. The Labute approximate surface area is 186 Å². The number of benzene rings is 2. The normalized spacial score (nSPS) is 11.3. The standard InChI is InChI=1S/C24H27F3N4O/c1-4-6-17-7-9-18(10-8-17)29-22-21(24(25,26)27)16-28-23(30-22)31(3)19-11-13-20(14-12-19)32-15-5-2/h7-14,16H,4-6,15H2,1-3H3,(H,28,29,30). The highest BCUT2D eigenvalue weighted by Gasteiger charge is 2.35. The van der Waals surface area contributed by atoms with Crippen LogP contribution in [0.2, 0.25) is 0 Å². The van der Waals surface area contributed by atoms with Crippen molar-refractivity contribution in [1.29, 1.82) is 0 Å². The van der Waals surface area contributed by atoms with Crippen molar-refractivity contribution >= 4 is 23.1 Å². The molecular weight excluding hydrogens is 417 g/mol. The van der Waals surface area contributed by atoms with Crippen LogP contribution in [-0.4, -0.2) is 23.6 Å². The maximum Gasteiger partial charge on any atom is 0.421 e. The molecule has 0 saturated carbocycles. The second kappa shape index (κ2) is 10.3. The predicted octanol–water partition coefficient (Wildman–Crippen LogP) is 6.75. The van der Waals surface area contributed by atoms with E-state index in [1.165, 1.54) is 0 Å². The summed E-state index contributed by atoms with van der Waals surface area (Å²) < 4.78 is 46.3. The van der Waals surface area contributed by atoms with Gasteiger partial charge in [0.1, 0.15) is 17.1 Å². The van der Waals surface area contributed by atoms with Crippen molar-refractivity contribution in [1.82, 2.24) is 9.97 Å². The lowest BCUT2D eigenvalue weighted by Crippen LogP contribution is -2.17. The van der Waals surface area contributed by atoms with Crippen LogP contribution in [0.5, 0.6) is 5.75 Å². The van der Waals surface area contributed by atoms with E-state index in [0.717, 1.165) is 42.5 Å². The lowest BCUT2D eigenvalue weighted by molar-refractivity contribution is -0.137. The summed E-state index contributed by atoms with van der Waals surface area (Å²) in [7, 11) is 1.70. The van der Waals surface area contributed by atoms with Gasteiger partial charge in [-0.1, -0.05) is 32.4 Å². The molecule has 0 amide bonds. The van der Waals surface area contributed by atoms with Crippen LogP contribution < -0.4 is 15.0 Å². The molecule has 8 heteroatoms. The molecule has 0 radical (unpaired) electrons. The molecule has 0 saturated heterocycles. The van der Waals surface area contributed by atoms with Gasteiger partial charge in [0.05, 0.1) is 6.61 Å². The van der Waals surface area contributed by atoms with E-state index in [1.807, 2.05) is 43.3 Å². The third-order valence-corrected chi connectivity index (χ3v) is 4.83. The Morgan fingerprint density at radius 1 is 0.969 bits per heavy atom. The second-order valence-electron chi connectivity index (χ2n) is 7.40. The molecule has 1 aromatic heterocycles. The summed E-state index contributed by atoms with van der Waals surface area (Å²) in [6.45, 7) is 4.72. The van der Waals surface area contributed by atoms with Crippen molar-refractivity contribution < 1.29 is 17.9 Å². The van der Waals surface area contributed by atoms with Gasteiger partial charge in [-0.2, -0.15) is 18.2 Å². The first-order valence-corrected chi connectivity index (χ1v) is 10.6. The summed E-state index contributed by atoms with van der Waals surface area (Å²) in [5.74, 6) is 0.581. The Kier molecular flexibility index (Phi) is 7.56. The fourth-order valence-corrected chi connectivity index (χ4v) is 3.12. The molecule has 0 fully saturated rings. The number of rotatable bonds is 9. The van der Waals surface area contributed by atoms with Gasteiger partial charge in [0.15, 0.2) is 0 Å². The average Bonchev–Trinajstić information content (AvgIpc) is 2.78. The van der Waals surface area contributed by atoms with Gasteiger partial charge in [0.25, 0.3) is 0 Å². The van der Waals surface area contributed by atoms with Crippen LogP contribution in [0.25, 0.3) is 0 Å². The quantitative estimate of drug-likeness (QED) is 0.396. The summed E-state index contributed by atoms with van der Waals surface area (Å²) in [6.07, 6.45) is -0.958. The van der Waals surface area contributed by atoms with E-state index in [-0.39, 0.29) is 11.8 Å². The number of aryl methyl sites for hydroxylation is 1. The van der Waals surface area contributed by atoms with Crippen LogP contribution in [-0.2, 0) is 12.6 Å². The van der Waals surface area contributed by atoms with Crippen molar-refractivity contribution in [3.63, 3.8) is 0 Å². The topological polar surface area (TPSA) is 50.3 Å². The van der Waals surface area contributed by atoms with E-state index in [1.54, 1.807) is 24.1 Å². The number of halogens is 3. The van der Waals surface area contributed by atoms with Crippen LogP contribution in [0.15, 0.2) is 54.7 Å². The maximum atomic E-state index is 13.6. The molecular formula is C24H27F3N4O. The number of aromatic nitrogens is 2. The molecule has 0 aliphatic heterocycles. The number of ether oxygens (including phenoxy) is 1. The highest BCUT2D eigenvalue weighted by atomic mass is 19.4. The van der Waals surface area contributed by atoms with Gasteiger partial charge in [-0.25, -0.2) is 4.98 Å². The van der Waals surface area contributed by atoms with E-state index in [0.29, 0.717) is 12.3 Å². The number of alkyl halides is 3. The highest BCUT2D eigenvalue weighted by molar-refractivity contribution is 5.64. The van der Waals surface area contributed by atoms with E-state index >= 15 is 0 Å². The van der Waals surface area contributed by atoms with Crippen LogP contribution in [0.1, 0.15) is 37.8 Å². The fraction of sp³-hybridized carbons (Fsp3) is 0.333. The summed E-state index contributed by atoms with van der Waals surface area (Å²) in [6, 6.07) is 14.5. The maximum absolute atomic E-state index is 13.6. The van der Waals surface area contributed by atoms with Gasteiger partial charge in [0, 0.05) is 24.6 Å². The highest BCUT2D eigenvalue weighted by Crippen LogP contribution is 2.36. The SMILES string of the molecule is CCCOc1ccc(N(C)c2ncc(C(F)(F)F)c(Nc3ccc(CCC)cc3)n2)cc1. The van der Waals surface area contributed by atoms with Gasteiger partial charge in [-0.3, -0.25) is 0 Å². The van der Waals surface area contributed by atoms with E-state index in [9.17, 15) is 13.2 Å². The Balaban J connectivity index is 1.87. The van der Waals surface area contributed by atoms with Crippen LogP contribution in [0.3, 0.4) is 0 Å². The van der Waals surface area contributed by atoms with Crippen molar-refractivity contribution in [2.45, 2.75) is 39.3 Å². The third kappa shape index (κ3) is 5.90. The molecule has 170 valence electrons. The summed E-state index contributed by atoms with van der Waals surface area (Å²) >= 11 is 0. The molecule has 0 spiro atoms. The van der Waals surface area contributed by atoms with Gasteiger partial charge >= 0.3 is 6.18 Å². The molecule has 0 bridgehead atoms. The van der Waals surface area contributed by atoms with Gasteiger partial charge in [-0.15, -0.1) is 0 Å². The number of nitrogens with zero attached hydrogens (tertiary/aromatic N) is 3. The summed E-state index contributed by atoms with van der Waals surface area (Å²) in [5.41, 5.74) is 1.46. The molecule has 0 atom stereocenters. The summed E-state index contributed by atoms with van der Waals surface area (Å²) in [5, 5.41) is 2.81. The molecule has 2 aromatic carbocycles. The largest absolute Gasteiger partial charge is 0.494 e. The second-order valence-corrected chi connectivity index (χ2v) is 7.40. The molecule has 3 aromatic rings. The van der Waals surface area contributed by atoms with Crippen molar-refractivity contribution in [3.8, 4) is 5.75 Å². The molecule has 0 unspecified atom stereocenters. The predicted molar refractivity (Wildman–Crippen MR) is 121 cm³/mol. The molecule has 1 heterocycles. The van der Waals surface area contributed by atoms with E-state index in [2.05, 4.69) is 22.2 Å². The Hall–Kier alpha value is -3.29. The first kappa shape index (κ1) is 23.4. The van der Waals surface area contributed by atoms with Crippen LogP contribution in [0, 0.1) is 0 Å². The first-order chi connectivity index (χ1) is 15.3. The molecule has 3 rings (SSSR count). The minimum atomic E-state index is -4.58. The minimum Gasteiger partial charge on any atom is -0.494 e. The molecule has 0 aliphatic rings. The number of nitrogens with one attached hydrogen (secondary N) is 1. The number of hydrogen-bond donors (Lipinski definition) is 1. The van der Waals surface area contributed by atoms with Crippen molar-refractivity contribution in [2.75, 3.05) is 23.9 Å². The molecule has 1 N–H and O–H groups in total. The number of hydrogen-bond acceptors (Lipinski definition) is 5. The smallest absolute Gasteiger partial charge is 0.421 e. The van der Waals surface area contributed by atoms with Crippen molar-refractivity contribution in [2.24, 2.45) is 0 Å². The lowest BCUT2D eigenvalue weighted by atomic mass is 10.1. The number of anilines is 4. The van der Waals surface area contributed by atoms with Crippen LogP contribution >= 0.6 is 0 Å². The lowest BCUT2D eigenvalue weighted by Gasteiger charge is -2.20. The molecule has 0 aliphatic carbocycles. The fourth-order valence-electron chi connectivity index (χ4n) is 3.12. The zero-order valence-corrected chi connectivity index (χ0v) is 18.4. The van der Waals surface area contributed by atoms with Crippen molar-refractivity contribution in [3.05, 3.63) is 65.9 Å². The molecule has 5 nitrogen and oxygen atoms in total. The van der Waals surface area contributed by atoms with E-state index in [4.69, 9.17) is 4.74 Å².